The largest absolute Gasteiger partial charge is 0.399 e. The summed E-state index contributed by atoms with van der Waals surface area (Å²) < 4.78 is 2.75. The highest BCUT2D eigenvalue weighted by atomic mass is 79.9. The van der Waals surface area contributed by atoms with Crippen molar-refractivity contribution in [3.63, 3.8) is 0 Å². The van der Waals surface area contributed by atoms with Crippen LogP contribution in [0.2, 0.25) is 0 Å². The average Bonchev–Trinajstić information content (AvgIpc) is 3.02. The summed E-state index contributed by atoms with van der Waals surface area (Å²) in [5, 5.41) is 7.89. The molecule has 0 radical (unpaired) electrons. The number of hydrogen-bond donors (Lipinski definition) is 2. The number of aryl methyl sites for hydroxylation is 1. The number of nitrogens with two attached hydrogens (primary N) is 1. The van der Waals surface area contributed by atoms with E-state index in [0.29, 0.717) is 5.95 Å². The van der Waals surface area contributed by atoms with Crippen molar-refractivity contribution in [3.05, 3.63) is 52.1 Å². The van der Waals surface area contributed by atoms with Gasteiger partial charge in [-0.3, -0.25) is 0 Å². The highest BCUT2D eigenvalue weighted by Gasteiger charge is 2.23. The molecular formula is C15H14BrN5. The maximum Gasteiger partial charge on any atom is 0.243 e. The van der Waals surface area contributed by atoms with Gasteiger partial charge in [0, 0.05) is 16.4 Å². The molecule has 2 heterocycles. The Morgan fingerprint density at radius 1 is 1.29 bits per heavy atom. The molecule has 3 aromatic rings. The maximum atomic E-state index is 5.84. The number of rotatable bonds is 2. The molecule has 0 saturated heterocycles. The van der Waals surface area contributed by atoms with Gasteiger partial charge in [-0.15, -0.1) is 5.10 Å². The van der Waals surface area contributed by atoms with Crippen LogP contribution in [0, 0.1) is 0 Å². The normalized spacial score (nSPS) is 17.1. The summed E-state index contributed by atoms with van der Waals surface area (Å²) in [5.74, 6) is 0.655. The molecule has 0 saturated carbocycles. The number of benzene rings is 1. The number of nitrogens with one attached hydrogen (secondary N) is 1. The van der Waals surface area contributed by atoms with Crippen LogP contribution < -0.4 is 11.1 Å². The van der Waals surface area contributed by atoms with Gasteiger partial charge in [0.15, 0.2) is 5.65 Å². The second kappa shape index (κ2) is 4.73. The monoisotopic (exact) mass is 343 g/mol. The van der Waals surface area contributed by atoms with Gasteiger partial charge in [-0.1, -0.05) is 6.07 Å². The molecule has 1 aliphatic carbocycles. The standard InChI is InChI=1S/C15H14BrN5/c16-10-2-6-14-19-15(20-21(14)8-10)18-13-5-1-9-7-11(17)3-4-12(9)13/h2-4,6-8,13H,1,5,17H2,(H,18,20). The first kappa shape index (κ1) is 12.6. The number of anilines is 2. The molecule has 1 unspecified atom stereocenters. The summed E-state index contributed by atoms with van der Waals surface area (Å²) >= 11 is 3.44. The van der Waals surface area contributed by atoms with Gasteiger partial charge in [-0.25, -0.2) is 4.52 Å². The minimum atomic E-state index is 0.251. The summed E-state index contributed by atoms with van der Waals surface area (Å²) in [4.78, 5) is 4.50. The molecule has 0 aliphatic heterocycles. The Labute approximate surface area is 130 Å². The molecule has 5 nitrogen and oxygen atoms in total. The van der Waals surface area contributed by atoms with Crippen LogP contribution in [0.3, 0.4) is 0 Å². The number of halogens is 1. The number of nitrogen functional groups attached to an aromatic ring is 1. The number of aromatic nitrogens is 3. The van der Waals surface area contributed by atoms with E-state index in [1.165, 1.54) is 11.1 Å². The summed E-state index contributed by atoms with van der Waals surface area (Å²) in [6.45, 7) is 0. The van der Waals surface area contributed by atoms with Gasteiger partial charge in [-0.2, -0.15) is 4.98 Å². The molecule has 0 fully saturated rings. The maximum absolute atomic E-state index is 5.84. The molecule has 0 spiro atoms. The molecule has 0 bridgehead atoms. The van der Waals surface area contributed by atoms with Gasteiger partial charge in [0.1, 0.15) is 0 Å². The molecule has 3 N–H and O–H groups in total. The predicted molar refractivity (Wildman–Crippen MR) is 86.2 cm³/mol. The zero-order valence-electron chi connectivity index (χ0n) is 11.3. The SMILES string of the molecule is Nc1ccc2c(c1)CCC2Nc1nc2ccc(Br)cn2n1. The lowest BCUT2D eigenvalue weighted by Crippen LogP contribution is -2.08. The van der Waals surface area contributed by atoms with Crippen LogP contribution in [-0.4, -0.2) is 14.6 Å². The van der Waals surface area contributed by atoms with E-state index in [9.17, 15) is 0 Å². The highest BCUT2D eigenvalue weighted by Crippen LogP contribution is 2.34. The van der Waals surface area contributed by atoms with E-state index in [2.05, 4.69) is 43.5 Å². The summed E-state index contributed by atoms with van der Waals surface area (Å²) in [6.07, 6.45) is 3.98. The second-order valence-corrected chi connectivity index (χ2v) is 6.20. The Kier molecular flexibility index (Phi) is 2.85. The van der Waals surface area contributed by atoms with Crippen molar-refractivity contribution in [1.29, 1.82) is 0 Å². The third-order valence-electron chi connectivity index (χ3n) is 3.84. The zero-order valence-corrected chi connectivity index (χ0v) is 12.8. The van der Waals surface area contributed by atoms with E-state index in [1.54, 1.807) is 4.52 Å². The van der Waals surface area contributed by atoms with E-state index in [1.807, 2.05) is 24.4 Å². The Balaban J connectivity index is 1.64. The first-order valence-corrected chi connectivity index (χ1v) is 7.65. The van der Waals surface area contributed by atoms with Crippen LogP contribution in [-0.2, 0) is 6.42 Å². The lowest BCUT2D eigenvalue weighted by molar-refractivity contribution is 0.750. The van der Waals surface area contributed by atoms with Crippen LogP contribution >= 0.6 is 15.9 Å². The van der Waals surface area contributed by atoms with E-state index >= 15 is 0 Å². The first-order valence-electron chi connectivity index (χ1n) is 6.86. The van der Waals surface area contributed by atoms with Crippen LogP contribution in [0.5, 0.6) is 0 Å². The van der Waals surface area contributed by atoms with E-state index in [-0.39, 0.29) is 6.04 Å². The minimum Gasteiger partial charge on any atom is -0.399 e. The molecule has 0 amide bonds. The minimum absolute atomic E-state index is 0.251. The van der Waals surface area contributed by atoms with Crippen molar-refractivity contribution >= 4 is 33.2 Å². The van der Waals surface area contributed by atoms with Crippen LogP contribution in [0.4, 0.5) is 11.6 Å². The smallest absolute Gasteiger partial charge is 0.243 e. The van der Waals surface area contributed by atoms with E-state index in [4.69, 9.17) is 5.73 Å². The summed E-state index contributed by atoms with van der Waals surface area (Å²) in [5.41, 5.74) is 10.1. The van der Waals surface area contributed by atoms with Gasteiger partial charge >= 0.3 is 0 Å². The quantitative estimate of drug-likeness (QED) is 0.701. The Hall–Kier alpha value is -2.08. The van der Waals surface area contributed by atoms with Crippen LogP contribution in [0.15, 0.2) is 41.0 Å². The van der Waals surface area contributed by atoms with Crippen molar-refractivity contribution in [2.75, 3.05) is 11.1 Å². The van der Waals surface area contributed by atoms with Gasteiger partial charge in [-0.05, 0) is 64.2 Å². The fourth-order valence-corrected chi connectivity index (χ4v) is 3.19. The molecule has 106 valence electrons. The molecule has 6 heteroatoms. The lowest BCUT2D eigenvalue weighted by atomic mass is 10.1. The van der Waals surface area contributed by atoms with Gasteiger partial charge < -0.3 is 11.1 Å². The number of fused-ring (bicyclic) bond motifs is 2. The van der Waals surface area contributed by atoms with Crippen molar-refractivity contribution in [1.82, 2.24) is 14.6 Å². The van der Waals surface area contributed by atoms with E-state index in [0.717, 1.165) is 28.6 Å². The molecule has 21 heavy (non-hydrogen) atoms. The third-order valence-corrected chi connectivity index (χ3v) is 4.31. The summed E-state index contributed by atoms with van der Waals surface area (Å²) in [6, 6.07) is 10.3. The third kappa shape index (κ3) is 2.25. The van der Waals surface area contributed by atoms with Crippen molar-refractivity contribution < 1.29 is 0 Å². The van der Waals surface area contributed by atoms with Crippen LogP contribution in [0.1, 0.15) is 23.6 Å². The van der Waals surface area contributed by atoms with Crippen molar-refractivity contribution in [2.24, 2.45) is 0 Å². The van der Waals surface area contributed by atoms with Gasteiger partial charge in [0.2, 0.25) is 5.95 Å². The van der Waals surface area contributed by atoms with Crippen LogP contribution in [0.25, 0.3) is 5.65 Å². The predicted octanol–water partition coefficient (Wildman–Crippen LogP) is 3.17. The van der Waals surface area contributed by atoms with Gasteiger partial charge in [0.05, 0.1) is 6.04 Å². The molecule has 4 rings (SSSR count). The lowest BCUT2D eigenvalue weighted by Gasteiger charge is -2.12. The average molecular weight is 344 g/mol. The molecule has 1 atom stereocenters. The Morgan fingerprint density at radius 2 is 2.19 bits per heavy atom. The van der Waals surface area contributed by atoms with Gasteiger partial charge in [0.25, 0.3) is 0 Å². The summed E-state index contributed by atoms with van der Waals surface area (Å²) in [7, 11) is 0. The number of pyridine rings is 1. The Morgan fingerprint density at radius 3 is 3.10 bits per heavy atom. The highest BCUT2D eigenvalue weighted by molar-refractivity contribution is 9.10. The van der Waals surface area contributed by atoms with Crippen molar-refractivity contribution in [2.45, 2.75) is 18.9 Å². The zero-order chi connectivity index (χ0) is 14.4. The fraction of sp³-hybridized carbons (Fsp3) is 0.200. The topological polar surface area (TPSA) is 68.2 Å². The Bertz CT molecular complexity index is 826. The molecule has 1 aliphatic rings. The second-order valence-electron chi connectivity index (χ2n) is 5.28. The molecule has 1 aromatic carbocycles. The molecule has 2 aromatic heterocycles. The molecular weight excluding hydrogens is 330 g/mol. The number of hydrogen-bond acceptors (Lipinski definition) is 4. The van der Waals surface area contributed by atoms with Crippen molar-refractivity contribution in [3.8, 4) is 0 Å². The first-order chi connectivity index (χ1) is 10.2. The fourth-order valence-electron chi connectivity index (χ4n) is 2.86. The van der Waals surface area contributed by atoms with E-state index < -0.39 is 0 Å². The number of nitrogens with zero attached hydrogens (tertiary/aromatic N) is 3.